The Morgan fingerprint density at radius 2 is 1.32 bits per heavy atom. The number of imide groups is 1. The van der Waals surface area contributed by atoms with Crippen LogP contribution in [0.3, 0.4) is 0 Å². The summed E-state index contributed by atoms with van der Waals surface area (Å²) in [4.78, 5) is 60.3. The molecule has 0 radical (unpaired) electrons. The van der Waals surface area contributed by atoms with Gasteiger partial charge in [-0.15, -0.1) is 0 Å². The molecule has 1 aromatic heterocycles. The number of carbonyl (C=O) groups is 4. The lowest BCUT2D eigenvalue weighted by Crippen LogP contribution is -2.70. The minimum atomic E-state index is -2.58. The number of esters is 1. The van der Waals surface area contributed by atoms with Crippen molar-refractivity contribution in [1.82, 2.24) is 15.2 Å². The molecule has 1 heterocycles. The van der Waals surface area contributed by atoms with Gasteiger partial charge < -0.3 is 9.47 Å². The molecule has 1 unspecified atom stereocenters. The van der Waals surface area contributed by atoms with Crippen molar-refractivity contribution in [3.8, 4) is 0 Å². The first-order chi connectivity index (χ1) is 19.2. The number of alkyl carbamates (subject to hydrolysis) is 1. The number of hydrogen-bond donors (Lipinski definition) is 1. The lowest BCUT2D eigenvalue weighted by Gasteiger charge is -2.41. The lowest BCUT2D eigenvalue weighted by molar-refractivity contribution is -0.154. The summed E-state index contributed by atoms with van der Waals surface area (Å²) in [5.41, 5.74) is -3.96. The molecule has 0 spiro atoms. The summed E-state index contributed by atoms with van der Waals surface area (Å²) < 4.78 is 10.5. The number of aromatic nitrogens is 1. The van der Waals surface area contributed by atoms with Gasteiger partial charge in [-0.05, 0) is 56.7 Å². The van der Waals surface area contributed by atoms with E-state index in [1.807, 2.05) is 0 Å². The van der Waals surface area contributed by atoms with Gasteiger partial charge in [0.1, 0.15) is 5.60 Å². The van der Waals surface area contributed by atoms with Gasteiger partial charge in [-0.2, -0.15) is 0 Å². The molecule has 9 nitrogen and oxygen atoms in total. The second kappa shape index (κ2) is 13.1. The van der Waals surface area contributed by atoms with E-state index in [9.17, 15) is 19.2 Å². The predicted molar refractivity (Wildman–Crippen MR) is 155 cm³/mol. The number of pyridine rings is 1. The Kier molecular flexibility index (Phi) is 10.3. The zero-order valence-corrected chi connectivity index (χ0v) is 25.4. The molecule has 0 aliphatic rings. The van der Waals surface area contributed by atoms with Crippen molar-refractivity contribution >= 4 is 70.3 Å². The Morgan fingerprint density at radius 3 is 1.71 bits per heavy atom. The fourth-order valence-corrected chi connectivity index (χ4v) is 5.02. The minimum absolute atomic E-state index is 0.136. The van der Waals surface area contributed by atoms with Crippen molar-refractivity contribution < 1.29 is 28.7 Å². The van der Waals surface area contributed by atoms with Crippen LogP contribution < -0.4 is 5.32 Å². The minimum Gasteiger partial charge on any atom is -0.466 e. The fraction of sp³-hybridized carbons (Fsp3) is 0.250. The summed E-state index contributed by atoms with van der Waals surface area (Å²) in [6, 6.07) is 11.6. The SMILES string of the molecule is COC(=O)C(Cc1cccnc1)(NC(=O)OC(C)(C)C)N(C(=O)c1c(Cl)cccc1Cl)C(=O)c1c(Cl)cccc1Cl. The maximum atomic E-state index is 14.4. The Hall–Kier alpha value is -3.37. The molecule has 0 fully saturated rings. The van der Waals surface area contributed by atoms with E-state index in [-0.39, 0.29) is 31.2 Å². The molecule has 0 saturated carbocycles. The molecule has 1 N–H and O–H groups in total. The third kappa shape index (κ3) is 7.29. The van der Waals surface area contributed by atoms with Gasteiger partial charge in [0.25, 0.3) is 11.8 Å². The third-order valence-electron chi connectivity index (χ3n) is 5.55. The first kappa shape index (κ1) is 32.1. The molecule has 3 aromatic rings. The van der Waals surface area contributed by atoms with E-state index in [0.29, 0.717) is 10.5 Å². The molecule has 1 atom stereocenters. The molecule has 0 aliphatic heterocycles. The first-order valence-corrected chi connectivity index (χ1v) is 13.5. The molecular formula is C28H25Cl4N3O6. The van der Waals surface area contributed by atoms with Gasteiger partial charge in [0, 0.05) is 18.8 Å². The second-order valence-corrected chi connectivity index (χ2v) is 11.3. The first-order valence-electron chi connectivity index (χ1n) is 12.0. The molecule has 41 heavy (non-hydrogen) atoms. The summed E-state index contributed by atoms with van der Waals surface area (Å²) >= 11 is 25.5. The van der Waals surface area contributed by atoms with Crippen molar-refractivity contribution in [1.29, 1.82) is 0 Å². The summed E-state index contributed by atoms with van der Waals surface area (Å²) in [6.07, 6.45) is 1.21. The molecule has 3 amide bonds. The monoisotopic (exact) mass is 639 g/mol. The standard InChI is InChI=1S/C28H25Cl4N3O6/c1-27(2,3)41-26(39)34-28(25(38)40-4,14-16-8-7-13-33-15-16)35(23(36)21-17(29)9-5-10-18(21)30)24(37)22-19(31)11-6-12-20(22)32/h5-13,15H,14H2,1-4H3,(H,34,39). The Morgan fingerprint density at radius 1 is 0.829 bits per heavy atom. The number of nitrogens with zero attached hydrogens (tertiary/aromatic N) is 2. The lowest BCUT2D eigenvalue weighted by atomic mass is 9.95. The highest BCUT2D eigenvalue weighted by molar-refractivity contribution is 6.42. The second-order valence-electron chi connectivity index (χ2n) is 9.66. The number of ether oxygens (including phenoxy) is 2. The van der Waals surface area contributed by atoms with Gasteiger partial charge in [-0.3, -0.25) is 19.9 Å². The molecule has 0 saturated heterocycles. The molecule has 2 aromatic carbocycles. The normalized spacial score (nSPS) is 12.6. The summed E-state index contributed by atoms with van der Waals surface area (Å²) in [6.45, 7) is 4.78. The van der Waals surface area contributed by atoms with Crippen LogP contribution in [-0.2, 0) is 20.7 Å². The molecule has 13 heteroatoms. The number of amides is 3. The summed E-state index contributed by atoms with van der Waals surface area (Å²) in [5, 5.41) is 1.87. The quantitative estimate of drug-likeness (QED) is 0.175. The van der Waals surface area contributed by atoms with Crippen LogP contribution in [-0.4, -0.2) is 52.1 Å². The van der Waals surface area contributed by atoms with Gasteiger partial charge in [0.05, 0.1) is 38.3 Å². The van der Waals surface area contributed by atoms with Gasteiger partial charge in [0.15, 0.2) is 0 Å². The van der Waals surface area contributed by atoms with Crippen molar-refractivity contribution in [2.45, 2.75) is 38.5 Å². The van der Waals surface area contributed by atoms with Gasteiger partial charge in [0.2, 0.25) is 5.66 Å². The van der Waals surface area contributed by atoms with E-state index in [2.05, 4.69) is 10.3 Å². The third-order valence-corrected chi connectivity index (χ3v) is 6.81. The van der Waals surface area contributed by atoms with Gasteiger partial charge >= 0.3 is 12.1 Å². The highest BCUT2D eigenvalue weighted by atomic mass is 35.5. The van der Waals surface area contributed by atoms with E-state index in [4.69, 9.17) is 55.9 Å². The van der Waals surface area contributed by atoms with Crippen LogP contribution in [0.2, 0.25) is 20.1 Å². The topological polar surface area (TPSA) is 115 Å². The number of rotatable bonds is 7. The van der Waals surface area contributed by atoms with Crippen LogP contribution in [0.5, 0.6) is 0 Å². The Labute approximate surface area is 256 Å². The van der Waals surface area contributed by atoms with Crippen LogP contribution in [0.15, 0.2) is 60.9 Å². The van der Waals surface area contributed by atoms with Crippen molar-refractivity contribution in [2.75, 3.05) is 7.11 Å². The molecular weight excluding hydrogens is 616 g/mol. The van der Waals surface area contributed by atoms with Gasteiger partial charge in [-0.1, -0.05) is 64.6 Å². The maximum Gasteiger partial charge on any atom is 0.409 e. The fourth-order valence-electron chi connectivity index (χ4n) is 3.90. The molecule has 3 rings (SSSR count). The predicted octanol–water partition coefficient (Wildman–Crippen LogP) is 6.61. The van der Waals surface area contributed by atoms with Crippen molar-refractivity contribution in [3.05, 3.63) is 97.7 Å². The van der Waals surface area contributed by atoms with E-state index in [1.165, 1.54) is 48.8 Å². The van der Waals surface area contributed by atoms with Crippen LogP contribution >= 0.6 is 46.4 Å². The molecule has 0 bridgehead atoms. The number of hydrogen-bond acceptors (Lipinski definition) is 7. The number of carbonyl (C=O) groups excluding carboxylic acids is 4. The van der Waals surface area contributed by atoms with Crippen molar-refractivity contribution in [3.63, 3.8) is 0 Å². The summed E-state index contributed by atoms with van der Waals surface area (Å²) in [5.74, 6) is -3.53. The smallest absolute Gasteiger partial charge is 0.409 e. The largest absolute Gasteiger partial charge is 0.466 e. The van der Waals surface area contributed by atoms with E-state index < -0.39 is 41.6 Å². The van der Waals surface area contributed by atoms with Gasteiger partial charge in [-0.25, -0.2) is 14.5 Å². The maximum absolute atomic E-state index is 14.4. The zero-order valence-electron chi connectivity index (χ0n) is 22.3. The van der Waals surface area contributed by atoms with E-state index in [1.54, 1.807) is 32.9 Å². The average Bonchev–Trinajstić information content (AvgIpc) is 2.87. The number of halogens is 4. The van der Waals surface area contributed by atoms with Crippen molar-refractivity contribution in [2.24, 2.45) is 0 Å². The molecule has 0 aliphatic carbocycles. The van der Waals surface area contributed by atoms with Crippen LogP contribution in [0.1, 0.15) is 47.1 Å². The number of benzene rings is 2. The van der Waals surface area contributed by atoms with Crippen LogP contribution in [0, 0.1) is 0 Å². The number of methoxy groups -OCH3 is 1. The van der Waals surface area contributed by atoms with Crippen LogP contribution in [0.25, 0.3) is 0 Å². The average molecular weight is 641 g/mol. The van der Waals surface area contributed by atoms with E-state index in [0.717, 1.165) is 7.11 Å². The van der Waals surface area contributed by atoms with Crippen LogP contribution in [0.4, 0.5) is 4.79 Å². The molecule has 216 valence electrons. The van der Waals surface area contributed by atoms with E-state index >= 15 is 0 Å². The number of nitrogens with one attached hydrogen (secondary N) is 1. The highest BCUT2D eigenvalue weighted by Gasteiger charge is 2.54. The Balaban J connectivity index is 2.42. The zero-order chi connectivity index (χ0) is 30.5. The highest BCUT2D eigenvalue weighted by Crippen LogP contribution is 2.34. The Bertz CT molecular complexity index is 1380. The summed E-state index contributed by atoms with van der Waals surface area (Å²) in [7, 11) is 1.02.